The SMILES string of the molecule is CCN(CC(C)/C(N)=N/O)C(=O)C1CCCS1. The molecule has 0 radical (unpaired) electrons. The third kappa shape index (κ3) is 3.80. The minimum absolute atomic E-state index is 0.106. The van der Waals surface area contributed by atoms with E-state index in [1.54, 1.807) is 16.7 Å². The predicted molar refractivity (Wildman–Crippen MR) is 70.3 cm³/mol. The van der Waals surface area contributed by atoms with Gasteiger partial charge in [0, 0.05) is 19.0 Å². The highest BCUT2D eigenvalue weighted by Crippen LogP contribution is 2.27. The van der Waals surface area contributed by atoms with Crippen LogP contribution in [0.15, 0.2) is 5.16 Å². The highest BCUT2D eigenvalue weighted by atomic mass is 32.2. The largest absolute Gasteiger partial charge is 0.409 e. The molecule has 0 spiro atoms. The van der Waals surface area contributed by atoms with Gasteiger partial charge in [-0.1, -0.05) is 12.1 Å². The summed E-state index contributed by atoms with van der Waals surface area (Å²) in [6.07, 6.45) is 2.09. The topological polar surface area (TPSA) is 78.9 Å². The molecule has 1 fully saturated rings. The van der Waals surface area contributed by atoms with E-state index in [9.17, 15) is 4.79 Å². The zero-order chi connectivity index (χ0) is 12.8. The van der Waals surface area contributed by atoms with E-state index in [-0.39, 0.29) is 22.9 Å². The quantitative estimate of drug-likeness (QED) is 0.335. The lowest BCUT2D eigenvalue weighted by molar-refractivity contribution is -0.130. The smallest absolute Gasteiger partial charge is 0.235 e. The summed E-state index contributed by atoms with van der Waals surface area (Å²) in [6.45, 7) is 4.99. The second-order valence-corrected chi connectivity index (χ2v) is 5.62. The molecule has 5 nitrogen and oxygen atoms in total. The lowest BCUT2D eigenvalue weighted by Crippen LogP contribution is -2.42. The fourth-order valence-corrected chi connectivity index (χ4v) is 3.12. The standard InChI is InChI=1S/C11H21N3O2S/c1-3-14(7-8(2)10(12)13-16)11(15)9-5-4-6-17-9/h8-9,16H,3-7H2,1-2H3,(H2,12,13). The van der Waals surface area contributed by atoms with Crippen LogP contribution in [-0.4, -0.2) is 45.9 Å². The number of amides is 1. The summed E-state index contributed by atoms with van der Waals surface area (Å²) in [6, 6.07) is 0. The van der Waals surface area contributed by atoms with Gasteiger partial charge >= 0.3 is 0 Å². The summed E-state index contributed by atoms with van der Waals surface area (Å²) in [4.78, 5) is 14.0. The molecule has 0 aromatic rings. The van der Waals surface area contributed by atoms with Crippen LogP contribution in [-0.2, 0) is 4.79 Å². The molecule has 98 valence electrons. The van der Waals surface area contributed by atoms with E-state index in [1.807, 2.05) is 13.8 Å². The van der Waals surface area contributed by atoms with E-state index in [1.165, 1.54) is 0 Å². The van der Waals surface area contributed by atoms with Gasteiger partial charge in [-0.25, -0.2) is 0 Å². The van der Waals surface area contributed by atoms with Crippen molar-refractivity contribution in [2.75, 3.05) is 18.8 Å². The van der Waals surface area contributed by atoms with Gasteiger partial charge in [0.2, 0.25) is 5.91 Å². The van der Waals surface area contributed by atoms with Gasteiger partial charge in [-0.3, -0.25) is 4.79 Å². The zero-order valence-corrected chi connectivity index (χ0v) is 11.2. The molecule has 1 aliphatic heterocycles. The van der Waals surface area contributed by atoms with Crippen LogP contribution in [0.3, 0.4) is 0 Å². The number of hydrogen-bond donors (Lipinski definition) is 2. The summed E-state index contributed by atoms with van der Waals surface area (Å²) in [5.41, 5.74) is 5.53. The molecule has 2 atom stereocenters. The minimum Gasteiger partial charge on any atom is -0.409 e. The number of nitrogens with two attached hydrogens (primary N) is 1. The van der Waals surface area contributed by atoms with Crippen LogP contribution in [0.2, 0.25) is 0 Å². The maximum Gasteiger partial charge on any atom is 0.235 e. The van der Waals surface area contributed by atoms with Crippen molar-refractivity contribution in [1.29, 1.82) is 0 Å². The van der Waals surface area contributed by atoms with Crippen molar-refractivity contribution in [2.45, 2.75) is 31.9 Å². The summed E-state index contributed by atoms with van der Waals surface area (Å²) in [5.74, 6) is 1.32. The van der Waals surface area contributed by atoms with Crippen LogP contribution >= 0.6 is 11.8 Å². The van der Waals surface area contributed by atoms with Crippen LogP contribution in [0.5, 0.6) is 0 Å². The number of rotatable bonds is 5. The molecule has 17 heavy (non-hydrogen) atoms. The lowest BCUT2D eigenvalue weighted by atomic mass is 10.1. The van der Waals surface area contributed by atoms with Gasteiger partial charge in [-0.05, 0) is 25.5 Å². The number of nitrogens with zero attached hydrogens (tertiary/aromatic N) is 2. The maximum atomic E-state index is 12.2. The van der Waals surface area contributed by atoms with E-state index in [0.717, 1.165) is 18.6 Å². The van der Waals surface area contributed by atoms with Gasteiger partial charge in [0.25, 0.3) is 0 Å². The highest BCUT2D eigenvalue weighted by molar-refractivity contribution is 8.00. The lowest BCUT2D eigenvalue weighted by Gasteiger charge is -2.26. The number of carbonyl (C=O) groups is 1. The zero-order valence-electron chi connectivity index (χ0n) is 10.4. The van der Waals surface area contributed by atoms with Crippen LogP contribution < -0.4 is 5.73 Å². The molecule has 1 aliphatic rings. The van der Waals surface area contributed by atoms with E-state index < -0.39 is 0 Å². The number of carbonyl (C=O) groups excluding carboxylic acids is 1. The number of oxime groups is 1. The molecule has 2 unspecified atom stereocenters. The van der Waals surface area contributed by atoms with Crippen molar-refractivity contribution in [3.8, 4) is 0 Å². The molecule has 0 aromatic carbocycles. The molecule has 6 heteroatoms. The Kier molecular flexibility index (Phi) is 5.61. The van der Waals surface area contributed by atoms with Gasteiger partial charge in [-0.2, -0.15) is 0 Å². The molecular formula is C11H21N3O2S. The summed E-state index contributed by atoms with van der Waals surface area (Å²) < 4.78 is 0. The normalized spacial score (nSPS) is 22.5. The minimum atomic E-state index is -0.115. The third-order valence-electron chi connectivity index (χ3n) is 3.01. The van der Waals surface area contributed by atoms with Crippen molar-refractivity contribution < 1.29 is 10.0 Å². The Morgan fingerprint density at radius 3 is 2.88 bits per heavy atom. The first-order chi connectivity index (χ1) is 8.10. The number of amidine groups is 1. The van der Waals surface area contributed by atoms with Crippen molar-refractivity contribution in [2.24, 2.45) is 16.8 Å². The Hall–Kier alpha value is -0.910. The van der Waals surface area contributed by atoms with Crippen LogP contribution in [0.4, 0.5) is 0 Å². The Morgan fingerprint density at radius 2 is 2.41 bits per heavy atom. The second kappa shape index (κ2) is 6.74. The number of hydrogen-bond acceptors (Lipinski definition) is 4. The average Bonchev–Trinajstić information content (AvgIpc) is 2.87. The highest BCUT2D eigenvalue weighted by Gasteiger charge is 2.28. The maximum absolute atomic E-state index is 12.2. The molecule has 1 saturated heterocycles. The Morgan fingerprint density at radius 1 is 1.71 bits per heavy atom. The van der Waals surface area contributed by atoms with E-state index in [0.29, 0.717) is 13.1 Å². The van der Waals surface area contributed by atoms with Gasteiger partial charge in [0.05, 0.1) is 5.25 Å². The van der Waals surface area contributed by atoms with Crippen molar-refractivity contribution in [1.82, 2.24) is 4.90 Å². The number of thioether (sulfide) groups is 1. The van der Waals surface area contributed by atoms with E-state index >= 15 is 0 Å². The molecule has 1 amide bonds. The molecule has 1 rings (SSSR count). The Labute approximate surface area is 106 Å². The fourth-order valence-electron chi connectivity index (χ4n) is 1.87. The Bertz CT molecular complexity index is 290. The molecule has 0 bridgehead atoms. The molecular weight excluding hydrogens is 238 g/mol. The first-order valence-electron chi connectivity index (χ1n) is 5.98. The predicted octanol–water partition coefficient (Wildman–Crippen LogP) is 1.11. The van der Waals surface area contributed by atoms with Crippen LogP contribution in [0.1, 0.15) is 26.7 Å². The molecule has 0 saturated carbocycles. The third-order valence-corrected chi connectivity index (χ3v) is 4.38. The summed E-state index contributed by atoms with van der Waals surface area (Å²) >= 11 is 1.73. The van der Waals surface area contributed by atoms with E-state index in [2.05, 4.69) is 5.16 Å². The average molecular weight is 259 g/mol. The summed E-state index contributed by atoms with van der Waals surface area (Å²) in [7, 11) is 0. The molecule has 1 heterocycles. The van der Waals surface area contributed by atoms with Gasteiger partial charge in [0.15, 0.2) is 0 Å². The molecule has 0 aliphatic carbocycles. The van der Waals surface area contributed by atoms with Gasteiger partial charge in [0.1, 0.15) is 5.84 Å². The second-order valence-electron chi connectivity index (χ2n) is 4.30. The van der Waals surface area contributed by atoms with E-state index in [4.69, 9.17) is 10.9 Å². The van der Waals surface area contributed by atoms with Crippen molar-refractivity contribution in [3.05, 3.63) is 0 Å². The Balaban J connectivity index is 2.55. The van der Waals surface area contributed by atoms with Crippen molar-refractivity contribution >= 4 is 23.5 Å². The first-order valence-corrected chi connectivity index (χ1v) is 7.02. The van der Waals surface area contributed by atoms with Crippen molar-refractivity contribution in [3.63, 3.8) is 0 Å². The first kappa shape index (κ1) is 14.2. The van der Waals surface area contributed by atoms with Crippen LogP contribution in [0.25, 0.3) is 0 Å². The van der Waals surface area contributed by atoms with Crippen LogP contribution in [0, 0.1) is 5.92 Å². The van der Waals surface area contributed by atoms with Gasteiger partial charge in [-0.15, -0.1) is 11.8 Å². The molecule has 3 N–H and O–H groups in total. The van der Waals surface area contributed by atoms with Gasteiger partial charge < -0.3 is 15.8 Å². The summed E-state index contributed by atoms with van der Waals surface area (Å²) in [5, 5.41) is 11.7. The fraction of sp³-hybridized carbons (Fsp3) is 0.818. The monoisotopic (exact) mass is 259 g/mol. The molecule has 0 aromatic heterocycles.